The highest BCUT2D eigenvalue weighted by molar-refractivity contribution is 5.71. The van der Waals surface area contributed by atoms with E-state index in [-0.39, 0.29) is 6.61 Å². The van der Waals surface area contributed by atoms with Crippen molar-refractivity contribution < 1.29 is 9.84 Å². The summed E-state index contributed by atoms with van der Waals surface area (Å²) in [6.45, 7) is 4.18. The fourth-order valence-electron chi connectivity index (χ4n) is 3.05. The van der Waals surface area contributed by atoms with Crippen LogP contribution in [0.3, 0.4) is 0 Å². The van der Waals surface area contributed by atoms with Gasteiger partial charge in [0.1, 0.15) is 5.75 Å². The molecule has 0 saturated carbocycles. The van der Waals surface area contributed by atoms with Crippen molar-refractivity contribution in [2.45, 2.75) is 26.5 Å². The van der Waals surface area contributed by atoms with E-state index in [0.29, 0.717) is 0 Å². The van der Waals surface area contributed by atoms with Gasteiger partial charge in [0.25, 0.3) is 0 Å². The number of rotatable bonds is 3. The van der Waals surface area contributed by atoms with Crippen LogP contribution in [-0.2, 0) is 19.6 Å². The normalized spacial score (nSPS) is 13.9. The van der Waals surface area contributed by atoms with E-state index < -0.39 is 0 Å². The number of methoxy groups -OCH3 is 1. The summed E-state index contributed by atoms with van der Waals surface area (Å²) in [6.07, 6.45) is 1.06. The molecule has 1 aliphatic rings. The van der Waals surface area contributed by atoms with Gasteiger partial charge in [-0.3, -0.25) is 0 Å². The highest BCUT2D eigenvalue weighted by atomic mass is 16.5. The minimum absolute atomic E-state index is 0.0387. The summed E-state index contributed by atoms with van der Waals surface area (Å²) in [7, 11) is 1.67. The molecule has 0 unspecified atom stereocenters. The molecule has 0 fully saturated rings. The van der Waals surface area contributed by atoms with Gasteiger partial charge < -0.3 is 15.2 Å². The number of aryl methyl sites for hydroxylation is 1. The summed E-state index contributed by atoms with van der Waals surface area (Å²) in [5.41, 5.74) is 7.29. The van der Waals surface area contributed by atoms with Gasteiger partial charge in [0.15, 0.2) is 0 Å². The van der Waals surface area contributed by atoms with Gasteiger partial charge in [0.05, 0.1) is 13.7 Å². The summed E-state index contributed by atoms with van der Waals surface area (Å²) in [4.78, 5) is 0. The number of fused-ring (bicyclic) bond motifs is 1. The smallest absolute Gasteiger partial charge is 0.119 e. The SMILES string of the molecule is COc1ccc(CO)c(-c2cc(C)c3c(c2)CCNC3)c1. The average molecular weight is 283 g/mol. The van der Waals surface area contributed by atoms with E-state index in [1.54, 1.807) is 7.11 Å². The molecule has 3 rings (SSSR count). The zero-order chi connectivity index (χ0) is 14.8. The van der Waals surface area contributed by atoms with Crippen molar-refractivity contribution in [3.8, 4) is 16.9 Å². The Labute approximate surface area is 125 Å². The molecule has 2 aromatic rings. The number of aliphatic hydroxyl groups excluding tert-OH is 1. The maximum atomic E-state index is 9.60. The number of benzene rings is 2. The van der Waals surface area contributed by atoms with Crippen LogP contribution in [0.5, 0.6) is 5.75 Å². The maximum absolute atomic E-state index is 9.60. The molecule has 1 aliphatic heterocycles. The molecule has 0 radical (unpaired) electrons. The maximum Gasteiger partial charge on any atom is 0.119 e. The second-order valence-electron chi connectivity index (χ2n) is 5.54. The molecule has 0 amide bonds. The molecule has 0 saturated heterocycles. The molecule has 3 nitrogen and oxygen atoms in total. The molecule has 0 atom stereocenters. The monoisotopic (exact) mass is 283 g/mol. The predicted molar refractivity (Wildman–Crippen MR) is 84.5 cm³/mol. The second kappa shape index (κ2) is 5.88. The molecule has 21 heavy (non-hydrogen) atoms. The number of aliphatic hydroxyl groups is 1. The molecule has 1 heterocycles. The van der Waals surface area contributed by atoms with Crippen LogP contribution in [0.25, 0.3) is 11.1 Å². The third-order valence-electron chi connectivity index (χ3n) is 4.24. The van der Waals surface area contributed by atoms with Gasteiger partial charge in [0, 0.05) is 6.54 Å². The van der Waals surface area contributed by atoms with Crippen LogP contribution >= 0.6 is 0 Å². The Kier molecular flexibility index (Phi) is 3.95. The minimum Gasteiger partial charge on any atom is -0.497 e. The molecule has 110 valence electrons. The molecule has 0 aromatic heterocycles. The Morgan fingerprint density at radius 3 is 2.86 bits per heavy atom. The van der Waals surface area contributed by atoms with Crippen LogP contribution in [0.4, 0.5) is 0 Å². The van der Waals surface area contributed by atoms with Crippen molar-refractivity contribution in [1.82, 2.24) is 5.32 Å². The van der Waals surface area contributed by atoms with Crippen LogP contribution in [-0.4, -0.2) is 18.8 Å². The van der Waals surface area contributed by atoms with E-state index in [9.17, 15) is 5.11 Å². The first-order valence-corrected chi connectivity index (χ1v) is 7.34. The summed E-state index contributed by atoms with van der Waals surface area (Å²) in [5, 5.41) is 13.0. The number of ether oxygens (including phenoxy) is 1. The Hall–Kier alpha value is -1.84. The molecule has 2 N–H and O–H groups in total. The number of hydrogen-bond donors (Lipinski definition) is 2. The molecule has 3 heteroatoms. The lowest BCUT2D eigenvalue weighted by atomic mass is 9.90. The van der Waals surface area contributed by atoms with E-state index in [0.717, 1.165) is 42.0 Å². The quantitative estimate of drug-likeness (QED) is 0.910. The fraction of sp³-hybridized carbons (Fsp3) is 0.333. The van der Waals surface area contributed by atoms with Crippen molar-refractivity contribution >= 4 is 0 Å². The van der Waals surface area contributed by atoms with Crippen molar-refractivity contribution in [2.75, 3.05) is 13.7 Å². The van der Waals surface area contributed by atoms with Gasteiger partial charge in [-0.1, -0.05) is 18.2 Å². The van der Waals surface area contributed by atoms with E-state index >= 15 is 0 Å². The Morgan fingerprint density at radius 2 is 2.10 bits per heavy atom. The molecule has 0 spiro atoms. The summed E-state index contributed by atoms with van der Waals surface area (Å²) >= 11 is 0. The zero-order valence-corrected chi connectivity index (χ0v) is 12.6. The van der Waals surface area contributed by atoms with Gasteiger partial charge in [-0.2, -0.15) is 0 Å². The molecule has 2 aromatic carbocycles. The van der Waals surface area contributed by atoms with E-state index in [1.165, 1.54) is 16.7 Å². The van der Waals surface area contributed by atoms with Gasteiger partial charge in [0.2, 0.25) is 0 Å². The van der Waals surface area contributed by atoms with Gasteiger partial charge >= 0.3 is 0 Å². The van der Waals surface area contributed by atoms with Crippen molar-refractivity contribution in [2.24, 2.45) is 0 Å². The first kappa shape index (κ1) is 14.1. The third-order valence-corrected chi connectivity index (χ3v) is 4.24. The van der Waals surface area contributed by atoms with Crippen LogP contribution < -0.4 is 10.1 Å². The lowest BCUT2D eigenvalue weighted by Crippen LogP contribution is -2.24. The summed E-state index contributed by atoms with van der Waals surface area (Å²) in [5.74, 6) is 0.819. The van der Waals surface area contributed by atoms with Crippen LogP contribution in [0.2, 0.25) is 0 Å². The standard InChI is InChI=1S/C18H21NO2/c1-12-7-15(8-13-5-6-19-10-18(12)13)17-9-16(21-2)4-3-14(17)11-20/h3-4,7-9,19-20H,5-6,10-11H2,1-2H3. The van der Waals surface area contributed by atoms with Crippen LogP contribution in [0, 0.1) is 6.92 Å². The van der Waals surface area contributed by atoms with Crippen molar-refractivity contribution in [3.63, 3.8) is 0 Å². The Bertz CT molecular complexity index is 665. The summed E-state index contributed by atoms with van der Waals surface area (Å²) in [6, 6.07) is 10.3. The van der Waals surface area contributed by atoms with E-state index in [4.69, 9.17) is 4.74 Å². The van der Waals surface area contributed by atoms with Gasteiger partial charge in [-0.25, -0.2) is 0 Å². The van der Waals surface area contributed by atoms with E-state index in [2.05, 4.69) is 24.4 Å². The Balaban J connectivity index is 2.14. The van der Waals surface area contributed by atoms with Crippen LogP contribution in [0.15, 0.2) is 30.3 Å². The van der Waals surface area contributed by atoms with E-state index in [1.807, 2.05) is 18.2 Å². The number of nitrogens with one attached hydrogen (secondary N) is 1. The third kappa shape index (κ3) is 2.67. The Morgan fingerprint density at radius 1 is 1.24 bits per heavy atom. The minimum atomic E-state index is 0.0387. The zero-order valence-electron chi connectivity index (χ0n) is 12.6. The molecule has 0 aliphatic carbocycles. The molecular formula is C18H21NO2. The topological polar surface area (TPSA) is 41.5 Å². The molecular weight excluding hydrogens is 262 g/mol. The van der Waals surface area contributed by atoms with Gasteiger partial charge in [-0.15, -0.1) is 0 Å². The number of hydrogen-bond acceptors (Lipinski definition) is 3. The lowest BCUT2D eigenvalue weighted by Gasteiger charge is -2.21. The molecule has 0 bridgehead atoms. The van der Waals surface area contributed by atoms with Crippen molar-refractivity contribution in [1.29, 1.82) is 0 Å². The summed E-state index contributed by atoms with van der Waals surface area (Å²) < 4.78 is 5.33. The first-order chi connectivity index (χ1) is 10.2. The average Bonchev–Trinajstić information content (AvgIpc) is 2.54. The van der Waals surface area contributed by atoms with Crippen molar-refractivity contribution in [3.05, 3.63) is 52.6 Å². The highest BCUT2D eigenvalue weighted by Gasteiger charge is 2.14. The van der Waals surface area contributed by atoms with Gasteiger partial charge in [-0.05, 0) is 65.4 Å². The largest absolute Gasteiger partial charge is 0.497 e. The lowest BCUT2D eigenvalue weighted by molar-refractivity contribution is 0.282. The second-order valence-corrected chi connectivity index (χ2v) is 5.54. The predicted octanol–water partition coefficient (Wildman–Crippen LogP) is 2.81. The van der Waals surface area contributed by atoms with Crippen LogP contribution in [0.1, 0.15) is 22.3 Å². The first-order valence-electron chi connectivity index (χ1n) is 7.34. The highest BCUT2D eigenvalue weighted by Crippen LogP contribution is 2.32. The fourth-order valence-corrected chi connectivity index (χ4v) is 3.05.